The van der Waals surface area contributed by atoms with Crippen LogP contribution in [0, 0.1) is 5.92 Å². The van der Waals surface area contributed by atoms with Crippen molar-refractivity contribution >= 4 is 10.2 Å². The van der Waals surface area contributed by atoms with Gasteiger partial charge >= 0.3 is 0 Å². The van der Waals surface area contributed by atoms with Gasteiger partial charge in [0.05, 0.1) is 0 Å². The first-order valence-corrected chi connectivity index (χ1v) is 5.88. The molecule has 2 N–H and O–H groups in total. The van der Waals surface area contributed by atoms with Crippen LogP contribution in [0.1, 0.15) is 6.42 Å². The maximum atomic E-state index is 11.4. The zero-order valence-corrected chi connectivity index (χ0v) is 8.63. The molecule has 0 aromatic heterocycles. The maximum Gasteiger partial charge on any atom is 0.279 e. The van der Waals surface area contributed by atoms with Gasteiger partial charge in [0.15, 0.2) is 0 Å². The van der Waals surface area contributed by atoms with Gasteiger partial charge in [-0.25, -0.2) is 0 Å². The highest BCUT2D eigenvalue weighted by molar-refractivity contribution is 7.87. The summed E-state index contributed by atoms with van der Waals surface area (Å²) in [4.78, 5) is 0. The summed E-state index contributed by atoms with van der Waals surface area (Å²) in [6.07, 6.45) is 1.11. The number of nitrogens with one attached hydrogen (secondary N) is 2. The van der Waals surface area contributed by atoms with Crippen molar-refractivity contribution < 1.29 is 8.42 Å². The average Bonchev–Trinajstić information content (AvgIpc) is 2.59. The zero-order chi connectivity index (χ0) is 9.64. The van der Waals surface area contributed by atoms with Crippen LogP contribution in [0.3, 0.4) is 0 Å². The second-order valence-electron chi connectivity index (χ2n) is 3.94. The molecule has 3 fully saturated rings. The Kier molecular flexibility index (Phi) is 2.10. The highest BCUT2D eigenvalue weighted by atomic mass is 32.2. The molecule has 0 aromatic rings. The van der Waals surface area contributed by atoms with Crippen LogP contribution in [-0.2, 0) is 10.2 Å². The fourth-order valence-corrected chi connectivity index (χ4v) is 2.84. The molecule has 0 spiro atoms. The van der Waals surface area contributed by atoms with Crippen molar-refractivity contribution in [2.75, 3.05) is 20.6 Å². The molecule has 2 saturated heterocycles. The summed E-state index contributed by atoms with van der Waals surface area (Å²) in [6, 6.07) is 0.479. The lowest BCUT2D eigenvalue weighted by Gasteiger charge is -2.35. The third-order valence-corrected chi connectivity index (χ3v) is 4.44. The molecule has 0 amide bonds. The lowest BCUT2D eigenvalue weighted by atomic mass is 9.81. The van der Waals surface area contributed by atoms with Crippen molar-refractivity contribution in [1.82, 2.24) is 14.3 Å². The highest BCUT2D eigenvalue weighted by Gasteiger charge is 2.48. The molecular formula is C7H15N3O2S. The first kappa shape index (κ1) is 9.39. The van der Waals surface area contributed by atoms with Crippen molar-refractivity contribution in [3.8, 4) is 0 Å². The summed E-state index contributed by atoms with van der Waals surface area (Å²) in [5.74, 6) is 0.500. The quantitative estimate of drug-likeness (QED) is 0.605. The van der Waals surface area contributed by atoms with Crippen LogP contribution in [-0.4, -0.2) is 45.4 Å². The molecule has 1 saturated carbocycles. The van der Waals surface area contributed by atoms with Crippen LogP contribution >= 0.6 is 0 Å². The summed E-state index contributed by atoms with van der Waals surface area (Å²) < 4.78 is 26.8. The van der Waals surface area contributed by atoms with Crippen molar-refractivity contribution in [3.63, 3.8) is 0 Å². The number of rotatable bonds is 3. The number of hydrogen-bond donors (Lipinski definition) is 2. The van der Waals surface area contributed by atoms with Crippen molar-refractivity contribution in [2.24, 2.45) is 5.92 Å². The molecule has 0 radical (unpaired) electrons. The van der Waals surface area contributed by atoms with Crippen LogP contribution in [0.25, 0.3) is 0 Å². The molecule has 1 aliphatic carbocycles. The van der Waals surface area contributed by atoms with Crippen LogP contribution in [0.15, 0.2) is 0 Å². The molecule has 6 heteroatoms. The maximum absolute atomic E-state index is 11.4. The van der Waals surface area contributed by atoms with Gasteiger partial charge in [-0.3, -0.25) is 0 Å². The van der Waals surface area contributed by atoms with Crippen LogP contribution in [0.5, 0.6) is 0 Å². The molecular weight excluding hydrogens is 190 g/mol. The van der Waals surface area contributed by atoms with Gasteiger partial charge in [0, 0.05) is 26.2 Å². The van der Waals surface area contributed by atoms with E-state index in [2.05, 4.69) is 10.0 Å². The van der Waals surface area contributed by atoms with Gasteiger partial charge in [-0.05, 0) is 18.9 Å². The number of fused-ring (bicyclic) bond motifs is 1. The standard InChI is InChI=1S/C7H15N3O2S/c1-10(2)13(11,12)9-7-5-3-6(7)8-4-5/h5-9H,3-4H2,1-2H3. The van der Waals surface area contributed by atoms with E-state index in [-0.39, 0.29) is 6.04 Å². The Morgan fingerprint density at radius 2 is 2.15 bits per heavy atom. The third-order valence-electron chi connectivity index (χ3n) is 2.91. The van der Waals surface area contributed by atoms with E-state index in [0.717, 1.165) is 13.0 Å². The lowest BCUT2D eigenvalue weighted by molar-refractivity contribution is 0.276. The summed E-state index contributed by atoms with van der Waals surface area (Å²) in [5, 5.41) is 3.26. The normalized spacial score (nSPS) is 37.9. The first-order chi connectivity index (χ1) is 6.00. The van der Waals surface area contributed by atoms with Gasteiger partial charge in [-0.2, -0.15) is 17.4 Å². The van der Waals surface area contributed by atoms with Gasteiger partial charge in [0.1, 0.15) is 0 Å². The van der Waals surface area contributed by atoms with Gasteiger partial charge in [0.2, 0.25) is 0 Å². The molecule has 0 aromatic carbocycles. The van der Waals surface area contributed by atoms with Crippen molar-refractivity contribution in [2.45, 2.75) is 18.5 Å². The molecule has 3 aliphatic rings. The summed E-state index contributed by atoms with van der Waals surface area (Å²) in [7, 11) is -0.165. The van der Waals surface area contributed by atoms with Crippen molar-refractivity contribution in [1.29, 1.82) is 0 Å². The van der Waals surface area contributed by atoms with E-state index >= 15 is 0 Å². The van der Waals surface area contributed by atoms with E-state index in [9.17, 15) is 8.42 Å². The molecule has 3 unspecified atom stereocenters. The smallest absolute Gasteiger partial charge is 0.279 e. The minimum Gasteiger partial charge on any atom is -0.312 e. The molecule has 2 aliphatic heterocycles. The van der Waals surface area contributed by atoms with Crippen LogP contribution < -0.4 is 10.0 Å². The van der Waals surface area contributed by atoms with E-state index in [0.29, 0.717) is 12.0 Å². The van der Waals surface area contributed by atoms with Crippen LogP contribution in [0.2, 0.25) is 0 Å². The molecule has 3 rings (SSSR count). The number of hydrogen-bond acceptors (Lipinski definition) is 3. The fourth-order valence-electron chi connectivity index (χ4n) is 1.93. The number of nitrogens with zero attached hydrogens (tertiary/aromatic N) is 1. The largest absolute Gasteiger partial charge is 0.312 e. The lowest BCUT2D eigenvalue weighted by Crippen LogP contribution is -2.56. The first-order valence-electron chi connectivity index (χ1n) is 4.44. The third kappa shape index (κ3) is 1.48. The second-order valence-corrected chi connectivity index (χ2v) is 5.86. The Morgan fingerprint density at radius 1 is 1.46 bits per heavy atom. The van der Waals surface area contributed by atoms with Gasteiger partial charge < -0.3 is 5.32 Å². The van der Waals surface area contributed by atoms with Gasteiger partial charge in [-0.15, -0.1) is 0 Å². The molecule has 2 heterocycles. The minimum absolute atomic E-state index is 0.118. The second kappa shape index (κ2) is 2.91. The van der Waals surface area contributed by atoms with Gasteiger partial charge in [0.25, 0.3) is 10.2 Å². The monoisotopic (exact) mass is 205 g/mol. The SMILES string of the molecule is CN(C)S(=O)(=O)NC1C2CNC1C2. The van der Waals surface area contributed by atoms with E-state index in [1.165, 1.54) is 18.4 Å². The Morgan fingerprint density at radius 3 is 2.54 bits per heavy atom. The molecule has 13 heavy (non-hydrogen) atoms. The Balaban J connectivity index is 1.99. The zero-order valence-electron chi connectivity index (χ0n) is 7.82. The van der Waals surface area contributed by atoms with E-state index < -0.39 is 10.2 Å². The fraction of sp³-hybridized carbons (Fsp3) is 1.00. The topological polar surface area (TPSA) is 61.4 Å². The Hall–Kier alpha value is -0.170. The van der Waals surface area contributed by atoms with Gasteiger partial charge in [-0.1, -0.05) is 0 Å². The Bertz CT molecular complexity index is 287. The molecule has 5 nitrogen and oxygen atoms in total. The summed E-state index contributed by atoms with van der Waals surface area (Å²) >= 11 is 0. The average molecular weight is 205 g/mol. The summed E-state index contributed by atoms with van der Waals surface area (Å²) in [5.41, 5.74) is 0. The molecule has 2 bridgehead atoms. The predicted molar refractivity (Wildman–Crippen MR) is 49.4 cm³/mol. The highest BCUT2D eigenvalue weighted by Crippen LogP contribution is 2.34. The summed E-state index contributed by atoms with van der Waals surface area (Å²) in [6.45, 7) is 0.950. The van der Waals surface area contributed by atoms with Crippen LogP contribution in [0.4, 0.5) is 0 Å². The predicted octanol–water partition coefficient (Wildman–Crippen LogP) is -1.26. The van der Waals surface area contributed by atoms with Crippen molar-refractivity contribution in [3.05, 3.63) is 0 Å². The van der Waals surface area contributed by atoms with E-state index in [4.69, 9.17) is 0 Å². The minimum atomic E-state index is -3.24. The molecule has 76 valence electrons. The molecule has 3 atom stereocenters. The van der Waals surface area contributed by atoms with E-state index in [1.54, 1.807) is 0 Å². The Labute approximate surface area is 78.7 Å². The van der Waals surface area contributed by atoms with E-state index in [1.807, 2.05) is 0 Å².